The van der Waals surface area contributed by atoms with Gasteiger partial charge in [0.2, 0.25) is 5.91 Å². The lowest BCUT2D eigenvalue weighted by molar-refractivity contribution is -0.116. The summed E-state index contributed by atoms with van der Waals surface area (Å²) in [5.41, 5.74) is 0.574. The first-order valence-electron chi connectivity index (χ1n) is 6.98. The predicted octanol–water partition coefficient (Wildman–Crippen LogP) is 2.72. The summed E-state index contributed by atoms with van der Waals surface area (Å²) in [4.78, 5) is 24.1. The average molecular weight is 334 g/mol. The SMILES string of the molecule is CS(C)(=O)=NC(=O)c1ccccc1NC(=O)CCc1ccco1. The number of nitrogens with one attached hydrogen (secondary N) is 1. The van der Waals surface area contributed by atoms with Crippen LogP contribution in [0.4, 0.5) is 5.69 Å². The Morgan fingerprint density at radius 2 is 1.91 bits per heavy atom. The molecule has 0 aliphatic heterocycles. The van der Waals surface area contributed by atoms with Crippen LogP contribution < -0.4 is 5.32 Å². The highest BCUT2D eigenvalue weighted by Crippen LogP contribution is 2.17. The molecule has 7 heteroatoms. The molecule has 122 valence electrons. The first kappa shape index (κ1) is 17.0. The van der Waals surface area contributed by atoms with E-state index in [2.05, 4.69) is 9.68 Å². The Morgan fingerprint density at radius 1 is 1.17 bits per heavy atom. The van der Waals surface area contributed by atoms with Crippen LogP contribution in [0.15, 0.2) is 51.4 Å². The van der Waals surface area contributed by atoms with E-state index < -0.39 is 15.6 Å². The number of benzene rings is 1. The third kappa shape index (κ3) is 5.37. The number of hydrogen-bond acceptors (Lipinski definition) is 4. The lowest BCUT2D eigenvalue weighted by Crippen LogP contribution is -2.15. The fraction of sp³-hybridized carbons (Fsp3) is 0.250. The van der Waals surface area contributed by atoms with Crippen LogP contribution in [-0.4, -0.2) is 28.5 Å². The highest BCUT2D eigenvalue weighted by Gasteiger charge is 2.13. The molecule has 0 bridgehead atoms. The number of hydrogen-bond donors (Lipinski definition) is 1. The van der Waals surface area contributed by atoms with Crippen LogP contribution in [0.2, 0.25) is 0 Å². The number of furan rings is 1. The van der Waals surface area contributed by atoms with E-state index in [9.17, 15) is 13.8 Å². The zero-order valence-corrected chi connectivity index (χ0v) is 13.8. The maximum Gasteiger partial charge on any atom is 0.287 e. The highest BCUT2D eigenvalue weighted by atomic mass is 32.2. The van der Waals surface area contributed by atoms with Gasteiger partial charge in [0.1, 0.15) is 5.76 Å². The minimum Gasteiger partial charge on any atom is -0.469 e. The fourth-order valence-corrected chi connectivity index (χ4v) is 2.43. The molecule has 1 aromatic carbocycles. The van der Waals surface area contributed by atoms with Crippen molar-refractivity contribution in [3.8, 4) is 0 Å². The Bertz CT molecular complexity index is 810. The minimum absolute atomic E-state index is 0.218. The average Bonchev–Trinajstić information content (AvgIpc) is 2.97. The van der Waals surface area contributed by atoms with Crippen molar-refractivity contribution < 1.29 is 18.2 Å². The van der Waals surface area contributed by atoms with Gasteiger partial charge in [0, 0.05) is 35.1 Å². The second kappa shape index (κ2) is 7.23. The van der Waals surface area contributed by atoms with Crippen molar-refractivity contribution in [2.75, 3.05) is 17.8 Å². The molecule has 0 spiro atoms. The predicted molar refractivity (Wildman–Crippen MR) is 88.8 cm³/mol. The Balaban J connectivity index is 2.09. The van der Waals surface area contributed by atoms with E-state index in [0.29, 0.717) is 12.1 Å². The zero-order valence-electron chi connectivity index (χ0n) is 12.9. The maximum absolute atomic E-state index is 12.1. The van der Waals surface area contributed by atoms with Crippen molar-refractivity contribution >= 4 is 27.2 Å². The number of nitrogens with zero attached hydrogens (tertiary/aromatic N) is 1. The third-order valence-corrected chi connectivity index (χ3v) is 3.52. The molecule has 0 fully saturated rings. The molecule has 0 saturated carbocycles. The molecule has 1 aromatic heterocycles. The van der Waals surface area contributed by atoms with Gasteiger partial charge in [0.25, 0.3) is 5.91 Å². The standard InChI is InChI=1S/C16H18N2O4S/c1-23(2,21)18-16(20)13-7-3-4-8-14(13)17-15(19)10-9-12-6-5-11-22-12/h3-8,11H,9-10H2,1-2H3,(H,17,19). The largest absolute Gasteiger partial charge is 0.469 e. The summed E-state index contributed by atoms with van der Waals surface area (Å²) in [5.74, 6) is -0.131. The van der Waals surface area contributed by atoms with E-state index in [1.54, 1.807) is 42.7 Å². The summed E-state index contributed by atoms with van der Waals surface area (Å²) < 4.78 is 20.5. The number of amides is 2. The topological polar surface area (TPSA) is 88.7 Å². The van der Waals surface area contributed by atoms with E-state index in [1.165, 1.54) is 12.5 Å². The van der Waals surface area contributed by atoms with Crippen molar-refractivity contribution in [2.24, 2.45) is 4.36 Å². The number of aryl methyl sites for hydroxylation is 1. The van der Waals surface area contributed by atoms with Gasteiger partial charge >= 0.3 is 0 Å². The molecule has 0 unspecified atom stereocenters. The minimum atomic E-state index is -2.56. The molecular formula is C16H18N2O4S. The molecule has 2 amide bonds. The molecule has 0 saturated heterocycles. The molecule has 2 rings (SSSR count). The maximum atomic E-state index is 12.1. The van der Waals surface area contributed by atoms with Gasteiger partial charge in [-0.1, -0.05) is 12.1 Å². The molecule has 2 aromatic rings. The van der Waals surface area contributed by atoms with Crippen LogP contribution in [0.1, 0.15) is 22.5 Å². The van der Waals surface area contributed by atoms with Gasteiger partial charge in [-0.2, -0.15) is 4.36 Å². The number of anilines is 1. The lowest BCUT2D eigenvalue weighted by atomic mass is 10.1. The summed E-state index contributed by atoms with van der Waals surface area (Å²) in [5, 5.41) is 2.69. The van der Waals surface area contributed by atoms with Gasteiger partial charge < -0.3 is 9.73 Å². The molecule has 1 heterocycles. The highest BCUT2D eigenvalue weighted by molar-refractivity contribution is 7.92. The monoisotopic (exact) mass is 334 g/mol. The van der Waals surface area contributed by atoms with Gasteiger partial charge in [-0.05, 0) is 24.3 Å². The first-order valence-corrected chi connectivity index (χ1v) is 9.31. The van der Waals surface area contributed by atoms with Gasteiger partial charge in [0.15, 0.2) is 0 Å². The molecule has 0 atom stereocenters. The fourth-order valence-electron chi connectivity index (χ4n) is 1.93. The van der Waals surface area contributed by atoms with Gasteiger partial charge in [0.05, 0.1) is 17.5 Å². The number of carbonyl (C=O) groups excluding carboxylic acids is 2. The van der Waals surface area contributed by atoms with Crippen LogP contribution in [0.25, 0.3) is 0 Å². The molecule has 0 aliphatic carbocycles. The van der Waals surface area contributed by atoms with Crippen molar-refractivity contribution in [2.45, 2.75) is 12.8 Å². The van der Waals surface area contributed by atoms with Crippen molar-refractivity contribution in [1.29, 1.82) is 0 Å². The number of rotatable bonds is 5. The summed E-state index contributed by atoms with van der Waals surface area (Å²) in [6.45, 7) is 0. The zero-order chi connectivity index (χ0) is 16.9. The van der Waals surface area contributed by atoms with Gasteiger partial charge in [-0.3, -0.25) is 9.59 Å². The lowest BCUT2D eigenvalue weighted by Gasteiger charge is -2.08. The molecule has 1 N–H and O–H groups in total. The summed E-state index contributed by atoms with van der Waals surface area (Å²) in [6.07, 6.45) is 5.02. The smallest absolute Gasteiger partial charge is 0.287 e. The number of para-hydroxylation sites is 1. The molecular weight excluding hydrogens is 316 g/mol. The van der Waals surface area contributed by atoms with E-state index in [1.807, 2.05) is 0 Å². The Hall–Kier alpha value is -2.41. The van der Waals surface area contributed by atoms with Crippen LogP contribution in [0.5, 0.6) is 0 Å². The van der Waals surface area contributed by atoms with Crippen molar-refractivity contribution in [3.05, 3.63) is 54.0 Å². The Labute approximate surface area is 135 Å². The normalized spacial score (nSPS) is 11.0. The molecule has 6 nitrogen and oxygen atoms in total. The van der Waals surface area contributed by atoms with Crippen molar-refractivity contribution in [3.63, 3.8) is 0 Å². The van der Waals surface area contributed by atoms with Gasteiger partial charge in [-0.25, -0.2) is 4.21 Å². The van der Waals surface area contributed by atoms with E-state index in [0.717, 1.165) is 5.76 Å². The van der Waals surface area contributed by atoms with E-state index >= 15 is 0 Å². The summed E-state index contributed by atoms with van der Waals surface area (Å²) in [6, 6.07) is 10.1. The number of carbonyl (C=O) groups is 2. The van der Waals surface area contributed by atoms with Crippen LogP contribution in [0.3, 0.4) is 0 Å². The molecule has 0 aliphatic rings. The third-order valence-electron chi connectivity index (χ3n) is 2.91. The van der Waals surface area contributed by atoms with E-state index in [-0.39, 0.29) is 17.9 Å². The molecule has 0 radical (unpaired) electrons. The Kier molecular flexibility index (Phi) is 5.33. The van der Waals surface area contributed by atoms with Crippen LogP contribution in [0, 0.1) is 0 Å². The second-order valence-electron chi connectivity index (χ2n) is 5.25. The van der Waals surface area contributed by atoms with Crippen molar-refractivity contribution in [1.82, 2.24) is 0 Å². The summed E-state index contributed by atoms with van der Waals surface area (Å²) >= 11 is 0. The van der Waals surface area contributed by atoms with Crippen LogP contribution in [-0.2, 0) is 20.9 Å². The summed E-state index contributed by atoms with van der Waals surface area (Å²) in [7, 11) is -2.56. The quantitative estimate of drug-likeness (QED) is 0.910. The van der Waals surface area contributed by atoms with Gasteiger partial charge in [-0.15, -0.1) is 0 Å². The van der Waals surface area contributed by atoms with Crippen LogP contribution >= 0.6 is 0 Å². The molecule has 23 heavy (non-hydrogen) atoms. The van der Waals surface area contributed by atoms with E-state index in [4.69, 9.17) is 4.42 Å². The second-order valence-corrected chi connectivity index (χ2v) is 7.80. The first-order chi connectivity index (χ1) is 10.8. The Morgan fingerprint density at radius 3 is 2.57 bits per heavy atom.